The molecule has 6 aromatic rings. The van der Waals surface area contributed by atoms with Crippen LogP contribution in [0.3, 0.4) is 0 Å². The summed E-state index contributed by atoms with van der Waals surface area (Å²) in [6, 6.07) is 53.2. The maximum Gasteiger partial charge on any atom is 0.306 e. The smallest absolute Gasteiger partial charge is 0.306 e. The van der Waals surface area contributed by atoms with E-state index in [-0.39, 0.29) is 64.9 Å². The number of ketones is 1. The number of esters is 1. The number of ether oxygens (including phenoxy) is 8. The second kappa shape index (κ2) is 25.2. The Labute approximate surface area is 380 Å². The summed E-state index contributed by atoms with van der Waals surface area (Å²) in [6.07, 6.45) is -8.30. The summed E-state index contributed by atoms with van der Waals surface area (Å²) in [6.45, 7) is 2.41. The molecular formula is C54H57FO10. The molecule has 0 radical (unpaired) electrons. The van der Waals surface area contributed by atoms with E-state index in [1.165, 1.54) is 6.92 Å². The van der Waals surface area contributed by atoms with Crippen LogP contribution in [0.2, 0.25) is 0 Å². The zero-order valence-corrected chi connectivity index (χ0v) is 36.7. The van der Waals surface area contributed by atoms with Crippen LogP contribution in [0, 0.1) is 0 Å². The standard InChI is InChI=1S/C54H57FO10/c1-39(56)26-29-50(57)65-53-49(37-58-31-40-16-6-2-7-17-40)64-54(51(53)55)63-38-48(61-34-42-20-10-4-11-21-42)52(62-35-43-22-12-5-13-23-43)47(60-33-41-18-8-3-9-19-41)36-59-32-44-27-28-45-24-14-15-25-46(45)30-44/h2-25,27-28,30,47-49,51-54H,26,29,31-38H2,1H3/t47?,48?,49-,51?,52?,53?,54-/m1/s1. The van der Waals surface area contributed by atoms with Crippen LogP contribution >= 0.6 is 0 Å². The van der Waals surface area contributed by atoms with E-state index in [1.54, 1.807) is 0 Å². The van der Waals surface area contributed by atoms with Gasteiger partial charge in [0.1, 0.15) is 30.2 Å². The van der Waals surface area contributed by atoms with Gasteiger partial charge in [-0.2, -0.15) is 0 Å². The van der Waals surface area contributed by atoms with E-state index in [1.807, 2.05) is 140 Å². The number of rotatable bonds is 26. The van der Waals surface area contributed by atoms with Crippen LogP contribution in [-0.4, -0.2) is 74.6 Å². The quantitative estimate of drug-likeness (QED) is 0.0489. The first-order chi connectivity index (χ1) is 31.9. The number of carbonyl (C=O) groups is 2. The fraction of sp³-hybridized carbons (Fsp3) is 0.333. The predicted molar refractivity (Wildman–Crippen MR) is 244 cm³/mol. The molecule has 65 heavy (non-hydrogen) atoms. The third kappa shape index (κ3) is 15.0. The Kier molecular flexibility index (Phi) is 18.3. The van der Waals surface area contributed by atoms with Gasteiger partial charge in [0.2, 0.25) is 0 Å². The average Bonchev–Trinajstić information content (AvgIpc) is 3.63. The Morgan fingerprint density at radius 1 is 0.554 bits per heavy atom. The van der Waals surface area contributed by atoms with Crippen LogP contribution in [0.5, 0.6) is 0 Å². The van der Waals surface area contributed by atoms with E-state index < -0.39 is 49.0 Å². The summed E-state index contributed by atoms with van der Waals surface area (Å²) in [5.41, 5.74) is 4.70. The summed E-state index contributed by atoms with van der Waals surface area (Å²) < 4.78 is 67.4. The minimum Gasteiger partial charge on any atom is -0.456 e. The number of halogens is 1. The van der Waals surface area contributed by atoms with Crippen molar-refractivity contribution in [3.05, 3.63) is 192 Å². The minimum absolute atomic E-state index is 0.0250. The molecule has 10 nitrogen and oxygen atoms in total. The van der Waals surface area contributed by atoms with Gasteiger partial charge in [0.15, 0.2) is 18.6 Å². The lowest BCUT2D eigenvalue weighted by Crippen LogP contribution is -2.48. The van der Waals surface area contributed by atoms with Gasteiger partial charge >= 0.3 is 5.97 Å². The Morgan fingerprint density at radius 2 is 1.06 bits per heavy atom. The van der Waals surface area contributed by atoms with Crippen molar-refractivity contribution in [3.63, 3.8) is 0 Å². The molecule has 0 amide bonds. The van der Waals surface area contributed by atoms with Gasteiger partial charge in [-0.1, -0.05) is 158 Å². The molecule has 7 rings (SSSR count). The summed E-state index contributed by atoms with van der Waals surface area (Å²) in [4.78, 5) is 24.6. The van der Waals surface area contributed by atoms with Gasteiger partial charge in [-0.3, -0.25) is 4.79 Å². The number of benzene rings is 6. The summed E-state index contributed by atoms with van der Waals surface area (Å²) in [7, 11) is 0. The molecule has 0 N–H and O–H groups in total. The van der Waals surface area contributed by atoms with E-state index in [9.17, 15) is 9.59 Å². The van der Waals surface area contributed by atoms with Gasteiger partial charge in [0.25, 0.3) is 0 Å². The fourth-order valence-corrected chi connectivity index (χ4v) is 7.51. The summed E-state index contributed by atoms with van der Waals surface area (Å²) >= 11 is 0. The Balaban J connectivity index is 1.14. The topological polar surface area (TPSA) is 108 Å². The van der Waals surface area contributed by atoms with E-state index >= 15 is 4.39 Å². The lowest BCUT2D eigenvalue weighted by molar-refractivity contribution is -0.214. The molecule has 1 heterocycles. The Morgan fingerprint density at radius 3 is 1.65 bits per heavy atom. The van der Waals surface area contributed by atoms with E-state index in [4.69, 9.17) is 37.9 Å². The monoisotopic (exact) mass is 884 g/mol. The molecular weight excluding hydrogens is 828 g/mol. The lowest BCUT2D eigenvalue weighted by atomic mass is 10.1. The van der Waals surface area contributed by atoms with Crippen LogP contribution in [0.1, 0.15) is 47.6 Å². The number of hydrogen-bond acceptors (Lipinski definition) is 10. The molecule has 0 bridgehead atoms. The van der Waals surface area contributed by atoms with Crippen molar-refractivity contribution in [2.75, 3.05) is 19.8 Å². The van der Waals surface area contributed by atoms with Gasteiger partial charge in [-0.25, -0.2) is 4.39 Å². The molecule has 340 valence electrons. The van der Waals surface area contributed by atoms with Crippen LogP contribution in [0.4, 0.5) is 4.39 Å². The molecule has 5 unspecified atom stereocenters. The van der Waals surface area contributed by atoms with Gasteiger partial charge in [0, 0.05) is 6.42 Å². The SMILES string of the molecule is CC(=O)CCC(=O)OC1C(F)[C@H](OCC(OCc2ccccc2)C(OCc2ccccc2)C(COCc2ccc3ccccc3c2)OCc2ccccc2)O[C@@H]1COCc1ccccc1. The normalized spacial score (nSPS) is 18.6. The zero-order valence-electron chi connectivity index (χ0n) is 36.7. The Bertz CT molecular complexity index is 2320. The molecule has 1 aliphatic rings. The number of Topliss-reactive ketones (excluding diaryl/α,β-unsaturated/α-hetero) is 1. The lowest BCUT2D eigenvalue weighted by Gasteiger charge is -2.34. The molecule has 0 aliphatic carbocycles. The van der Waals surface area contributed by atoms with Gasteiger partial charge in [-0.05, 0) is 51.6 Å². The van der Waals surface area contributed by atoms with Crippen molar-refractivity contribution in [3.8, 4) is 0 Å². The van der Waals surface area contributed by atoms with Crippen LogP contribution in [0.15, 0.2) is 164 Å². The van der Waals surface area contributed by atoms with E-state index in [2.05, 4.69) is 24.3 Å². The highest BCUT2D eigenvalue weighted by molar-refractivity contribution is 5.83. The van der Waals surface area contributed by atoms with Crippen LogP contribution in [0.25, 0.3) is 10.8 Å². The summed E-state index contributed by atoms with van der Waals surface area (Å²) in [5, 5.41) is 2.25. The molecule has 7 atom stereocenters. The second-order valence-corrected chi connectivity index (χ2v) is 16.1. The van der Waals surface area contributed by atoms with Crippen molar-refractivity contribution in [2.24, 2.45) is 0 Å². The molecule has 0 aromatic heterocycles. The molecule has 6 aromatic carbocycles. The van der Waals surface area contributed by atoms with E-state index in [0.29, 0.717) is 6.61 Å². The average molecular weight is 885 g/mol. The van der Waals surface area contributed by atoms with Crippen molar-refractivity contribution in [2.45, 2.75) is 95.8 Å². The maximum absolute atomic E-state index is 16.6. The summed E-state index contributed by atoms with van der Waals surface area (Å²) in [5.74, 6) is -0.896. The highest BCUT2D eigenvalue weighted by atomic mass is 19.1. The number of alkyl halides is 1. The first-order valence-corrected chi connectivity index (χ1v) is 22.1. The fourth-order valence-electron chi connectivity index (χ4n) is 7.51. The minimum atomic E-state index is -1.89. The first-order valence-electron chi connectivity index (χ1n) is 22.1. The maximum atomic E-state index is 16.6. The van der Waals surface area contributed by atoms with Crippen molar-refractivity contribution < 1.29 is 51.9 Å². The second-order valence-electron chi connectivity index (χ2n) is 16.1. The third-order valence-corrected chi connectivity index (χ3v) is 11.0. The van der Waals surface area contributed by atoms with Crippen molar-refractivity contribution in [1.82, 2.24) is 0 Å². The van der Waals surface area contributed by atoms with Crippen molar-refractivity contribution >= 4 is 22.5 Å². The first kappa shape index (κ1) is 47.3. The highest BCUT2D eigenvalue weighted by Crippen LogP contribution is 2.30. The molecule has 1 fully saturated rings. The molecule has 0 saturated carbocycles. The van der Waals surface area contributed by atoms with Crippen LogP contribution in [-0.2, 0) is 80.5 Å². The number of carbonyl (C=O) groups excluding carboxylic acids is 2. The Hall–Kier alpha value is -5.63. The molecule has 11 heteroatoms. The van der Waals surface area contributed by atoms with Gasteiger partial charge in [-0.15, -0.1) is 0 Å². The predicted octanol–water partition coefficient (Wildman–Crippen LogP) is 9.69. The number of fused-ring (bicyclic) bond motifs is 1. The van der Waals surface area contributed by atoms with E-state index in [0.717, 1.165) is 38.6 Å². The zero-order chi connectivity index (χ0) is 45.1. The highest BCUT2D eigenvalue weighted by Gasteiger charge is 2.49. The largest absolute Gasteiger partial charge is 0.456 e. The van der Waals surface area contributed by atoms with Gasteiger partial charge in [0.05, 0.1) is 59.3 Å². The van der Waals surface area contributed by atoms with Crippen LogP contribution < -0.4 is 0 Å². The molecule has 1 saturated heterocycles. The van der Waals surface area contributed by atoms with Gasteiger partial charge < -0.3 is 42.7 Å². The third-order valence-electron chi connectivity index (χ3n) is 11.0. The molecule has 1 aliphatic heterocycles. The van der Waals surface area contributed by atoms with Crippen molar-refractivity contribution in [1.29, 1.82) is 0 Å². The number of hydrogen-bond donors (Lipinski definition) is 0. The molecule has 0 spiro atoms.